The number of benzene rings is 1. The van der Waals surface area contributed by atoms with Gasteiger partial charge in [0.05, 0.1) is 11.6 Å². The fraction of sp³-hybridized carbons (Fsp3) is 0.387. The first-order valence-corrected chi connectivity index (χ1v) is 14.8. The Kier molecular flexibility index (Phi) is 6.95. The molecule has 1 aliphatic heterocycles. The third kappa shape index (κ3) is 4.99. The molecule has 2 amide bonds. The number of Topliss-reactive ketones (excluding diaryl/α,β-unsaturated/α-hetero) is 2. The zero-order valence-corrected chi connectivity index (χ0v) is 25.8. The largest absolute Gasteiger partial charge is 0.323 e. The summed E-state index contributed by atoms with van der Waals surface area (Å²) >= 11 is 3.40. The molecule has 11 heteroatoms. The number of halogens is 1. The molecule has 10 nitrogen and oxygen atoms in total. The Labute approximate surface area is 252 Å². The molecule has 1 aromatic carbocycles. The number of carbonyl (C=O) groups excluding carboxylic acids is 3. The summed E-state index contributed by atoms with van der Waals surface area (Å²) < 4.78 is 2.21. The van der Waals surface area contributed by atoms with Gasteiger partial charge in [-0.15, -0.1) is 0 Å². The number of likely N-dealkylation sites (tertiary alicyclic amines) is 1. The van der Waals surface area contributed by atoms with Crippen molar-refractivity contribution in [2.24, 2.45) is 11.3 Å². The predicted octanol–water partition coefficient (Wildman–Crippen LogP) is 5.80. The molecular weight excluding hydrogens is 598 g/mol. The van der Waals surface area contributed by atoms with Gasteiger partial charge in [0, 0.05) is 36.8 Å². The molecule has 4 heterocycles. The zero-order chi connectivity index (χ0) is 29.9. The number of anilines is 1. The molecule has 1 aliphatic carbocycles. The number of nitrogens with zero attached hydrogens (tertiary/aromatic N) is 6. The van der Waals surface area contributed by atoms with E-state index in [1.54, 1.807) is 22.0 Å². The van der Waals surface area contributed by atoms with Crippen molar-refractivity contribution in [3.8, 4) is 11.1 Å². The van der Waals surface area contributed by atoms with Crippen LogP contribution in [0.3, 0.4) is 0 Å². The summed E-state index contributed by atoms with van der Waals surface area (Å²) in [4.78, 5) is 54.8. The maximum atomic E-state index is 13.9. The third-order valence-corrected chi connectivity index (χ3v) is 8.95. The van der Waals surface area contributed by atoms with Crippen molar-refractivity contribution < 1.29 is 14.4 Å². The second kappa shape index (κ2) is 10.4. The Morgan fingerprint density at radius 2 is 1.86 bits per heavy atom. The van der Waals surface area contributed by atoms with Crippen LogP contribution in [-0.2, 0) is 11.3 Å². The van der Waals surface area contributed by atoms with Crippen molar-refractivity contribution in [1.29, 1.82) is 0 Å². The van der Waals surface area contributed by atoms with Crippen molar-refractivity contribution in [1.82, 2.24) is 29.6 Å². The first kappa shape index (κ1) is 28.1. The number of piperidine rings is 1. The summed E-state index contributed by atoms with van der Waals surface area (Å²) in [6.45, 7) is 9.93. The van der Waals surface area contributed by atoms with Crippen molar-refractivity contribution in [3.63, 3.8) is 0 Å². The fourth-order valence-electron chi connectivity index (χ4n) is 6.13. The molecule has 0 radical (unpaired) electrons. The van der Waals surface area contributed by atoms with Gasteiger partial charge in [0.25, 0.3) is 0 Å². The Balaban J connectivity index is 1.29. The highest BCUT2D eigenvalue weighted by atomic mass is 79.9. The van der Waals surface area contributed by atoms with E-state index in [-0.39, 0.29) is 41.4 Å². The van der Waals surface area contributed by atoms with Crippen LogP contribution >= 0.6 is 15.9 Å². The molecule has 0 spiro atoms. The van der Waals surface area contributed by atoms with E-state index in [9.17, 15) is 14.4 Å². The van der Waals surface area contributed by atoms with Crippen molar-refractivity contribution in [2.75, 3.05) is 11.9 Å². The lowest BCUT2D eigenvalue weighted by Crippen LogP contribution is -2.47. The topological polar surface area (TPSA) is 123 Å². The zero-order valence-electron chi connectivity index (χ0n) is 24.2. The number of ketones is 2. The molecule has 0 bridgehead atoms. The van der Waals surface area contributed by atoms with Gasteiger partial charge in [0.15, 0.2) is 11.6 Å². The van der Waals surface area contributed by atoms with Crippen LogP contribution in [0.4, 0.5) is 10.6 Å². The summed E-state index contributed by atoms with van der Waals surface area (Å²) in [7, 11) is 0. The third-order valence-electron chi connectivity index (χ3n) is 8.50. The molecule has 1 N–H and O–H groups in total. The minimum absolute atomic E-state index is 0.0514. The van der Waals surface area contributed by atoms with Crippen LogP contribution in [-0.4, -0.2) is 59.8 Å². The van der Waals surface area contributed by atoms with E-state index >= 15 is 0 Å². The number of hydrogen-bond acceptors (Lipinski definition) is 7. The molecule has 4 aromatic rings. The first-order valence-electron chi connectivity index (χ1n) is 14.0. The predicted molar refractivity (Wildman–Crippen MR) is 162 cm³/mol. The average Bonchev–Trinajstić information content (AvgIpc) is 3.30. The number of pyridine rings is 1. The van der Waals surface area contributed by atoms with Gasteiger partial charge in [-0.1, -0.05) is 32.9 Å². The van der Waals surface area contributed by atoms with Crippen molar-refractivity contribution in [2.45, 2.75) is 59.5 Å². The maximum Gasteiger partial charge on any atom is 0.323 e. The summed E-state index contributed by atoms with van der Waals surface area (Å²) in [5.41, 5.74) is 3.48. The maximum absolute atomic E-state index is 13.9. The highest BCUT2D eigenvalue weighted by Gasteiger charge is 2.64. The second-order valence-corrected chi connectivity index (χ2v) is 12.8. The monoisotopic (exact) mass is 629 g/mol. The Morgan fingerprint density at radius 1 is 1.12 bits per heavy atom. The van der Waals surface area contributed by atoms with Crippen LogP contribution in [0.1, 0.15) is 61.9 Å². The van der Waals surface area contributed by atoms with E-state index in [4.69, 9.17) is 0 Å². The molecule has 2 aliphatic rings. The van der Waals surface area contributed by atoms with E-state index < -0.39 is 6.04 Å². The van der Waals surface area contributed by atoms with Crippen LogP contribution < -0.4 is 5.32 Å². The Hall–Kier alpha value is -3.99. The Bertz CT molecular complexity index is 1750. The van der Waals surface area contributed by atoms with Gasteiger partial charge in [0.1, 0.15) is 28.5 Å². The molecule has 3 aromatic heterocycles. The van der Waals surface area contributed by atoms with Gasteiger partial charge in [-0.2, -0.15) is 5.10 Å². The number of aryl methyl sites for hydroxylation is 1. The standard InChI is InChI=1S/C31H32BrN7O3/c1-16(2)21-7-9-26(32)35-29(21)36-30(42)38-15-31(5)11-23(31)28(38)25(41)14-39-24-8-6-19(20-12-33-18(4)34-13-20)10-22(24)27(37-39)17(3)40/h6-10,12-13,16,23,28H,11,14-15H2,1-5H3,(H,35,36,42)/t23-,28?,31+/m0/s1. The van der Waals surface area contributed by atoms with Crippen LogP contribution in [0.25, 0.3) is 22.0 Å². The Morgan fingerprint density at radius 3 is 2.55 bits per heavy atom. The number of fused-ring (bicyclic) bond motifs is 2. The van der Waals surface area contributed by atoms with E-state index in [1.807, 2.05) is 51.1 Å². The van der Waals surface area contributed by atoms with E-state index in [2.05, 4.69) is 48.2 Å². The van der Waals surface area contributed by atoms with Gasteiger partial charge in [-0.3, -0.25) is 19.6 Å². The molecule has 2 fully saturated rings. The lowest BCUT2D eigenvalue weighted by Gasteiger charge is -2.27. The molecule has 3 atom stereocenters. The van der Waals surface area contributed by atoms with E-state index in [0.717, 1.165) is 23.1 Å². The molecule has 1 saturated carbocycles. The molecular formula is C31H32BrN7O3. The minimum Gasteiger partial charge on any atom is -0.314 e. The summed E-state index contributed by atoms with van der Waals surface area (Å²) in [5, 5.41) is 8.20. The highest BCUT2D eigenvalue weighted by molar-refractivity contribution is 9.10. The number of aromatic nitrogens is 5. The van der Waals surface area contributed by atoms with E-state index in [0.29, 0.717) is 39.4 Å². The van der Waals surface area contributed by atoms with Crippen molar-refractivity contribution >= 4 is 50.2 Å². The van der Waals surface area contributed by atoms with Crippen molar-refractivity contribution in [3.05, 3.63) is 64.4 Å². The summed E-state index contributed by atoms with van der Waals surface area (Å²) in [6, 6.07) is 8.53. The van der Waals surface area contributed by atoms with Gasteiger partial charge in [-0.05, 0) is 75.9 Å². The highest BCUT2D eigenvalue weighted by Crippen LogP contribution is 2.60. The van der Waals surface area contributed by atoms with Crippen LogP contribution in [0.5, 0.6) is 0 Å². The molecule has 1 unspecified atom stereocenters. The summed E-state index contributed by atoms with van der Waals surface area (Å²) in [5.74, 6) is 1.09. The summed E-state index contributed by atoms with van der Waals surface area (Å²) in [6.07, 6.45) is 4.37. The molecule has 6 rings (SSSR count). The number of rotatable bonds is 7. The average molecular weight is 631 g/mol. The van der Waals surface area contributed by atoms with Gasteiger partial charge >= 0.3 is 6.03 Å². The molecule has 1 saturated heterocycles. The number of hydrogen-bond donors (Lipinski definition) is 1. The normalized spacial score (nSPS) is 21.1. The fourth-order valence-corrected chi connectivity index (χ4v) is 6.44. The van der Waals surface area contributed by atoms with Gasteiger partial charge in [-0.25, -0.2) is 19.7 Å². The van der Waals surface area contributed by atoms with E-state index in [1.165, 1.54) is 6.92 Å². The minimum atomic E-state index is -0.589. The van der Waals surface area contributed by atoms with Crippen LogP contribution in [0.2, 0.25) is 0 Å². The van der Waals surface area contributed by atoms with Gasteiger partial charge < -0.3 is 4.90 Å². The quantitative estimate of drug-likeness (QED) is 0.202. The lowest BCUT2D eigenvalue weighted by atomic mass is 10.0. The van der Waals surface area contributed by atoms with Crippen LogP contribution in [0.15, 0.2) is 47.3 Å². The molecule has 42 heavy (non-hydrogen) atoms. The van der Waals surface area contributed by atoms with Gasteiger partial charge in [0.2, 0.25) is 0 Å². The SMILES string of the molecule is CC(=O)c1nn(CC(=O)C2[C@@H]3C[C@]3(C)CN2C(=O)Nc2nc(Br)ccc2C(C)C)c2ccc(-c3cnc(C)nc3)cc12. The number of urea groups is 1. The number of carbonyl (C=O) groups is 3. The number of nitrogens with one attached hydrogen (secondary N) is 1. The van der Waals surface area contributed by atoms with Crippen LogP contribution in [0, 0.1) is 18.3 Å². The smallest absolute Gasteiger partial charge is 0.314 e. The number of amides is 2. The second-order valence-electron chi connectivity index (χ2n) is 12.0. The lowest BCUT2D eigenvalue weighted by molar-refractivity contribution is -0.123. The molecule has 216 valence electrons. The first-order chi connectivity index (χ1) is 19.9.